The van der Waals surface area contributed by atoms with Crippen molar-refractivity contribution in [3.8, 4) is 0 Å². The molecule has 17 heavy (non-hydrogen) atoms. The van der Waals surface area contributed by atoms with Gasteiger partial charge in [-0.15, -0.1) is 0 Å². The lowest BCUT2D eigenvalue weighted by Crippen LogP contribution is -2.38. The summed E-state index contributed by atoms with van der Waals surface area (Å²) in [5.41, 5.74) is 1.17. The molecule has 1 aromatic rings. The Balaban J connectivity index is 2.52. The molecule has 0 fully saturated rings. The molecular formula is C14H22BrNO. The molecule has 0 saturated carbocycles. The quantitative estimate of drug-likeness (QED) is 0.860. The molecule has 3 heteroatoms. The molecule has 1 atom stereocenters. The molecule has 0 heterocycles. The summed E-state index contributed by atoms with van der Waals surface area (Å²) in [6.45, 7) is 10.0. The summed E-state index contributed by atoms with van der Waals surface area (Å²) >= 11 is 3.49. The molecule has 1 unspecified atom stereocenters. The fourth-order valence-electron chi connectivity index (χ4n) is 1.73. The molecule has 1 rings (SSSR count). The van der Waals surface area contributed by atoms with Crippen LogP contribution in [0.4, 0.5) is 0 Å². The minimum Gasteiger partial charge on any atom is -0.375 e. The van der Waals surface area contributed by atoms with Gasteiger partial charge in [0.05, 0.1) is 5.60 Å². The van der Waals surface area contributed by atoms with Crippen molar-refractivity contribution in [2.75, 3.05) is 13.2 Å². The van der Waals surface area contributed by atoms with E-state index in [0.29, 0.717) is 6.04 Å². The Morgan fingerprint density at radius 2 is 2.12 bits per heavy atom. The number of halogens is 1. The van der Waals surface area contributed by atoms with Crippen LogP contribution in [0.25, 0.3) is 0 Å². The molecular weight excluding hydrogens is 278 g/mol. The van der Waals surface area contributed by atoms with Gasteiger partial charge in [-0.2, -0.15) is 0 Å². The molecule has 0 aliphatic heterocycles. The summed E-state index contributed by atoms with van der Waals surface area (Å²) in [5, 5.41) is 3.51. The lowest BCUT2D eigenvalue weighted by atomic mass is 10.1. The zero-order valence-electron chi connectivity index (χ0n) is 11.1. The minimum absolute atomic E-state index is 0.116. The minimum atomic E-state index is -0.116. The van der Waals surface area contributed by atoms with Crippen molar-refractivity contribution in [3.63, 3.8) is 0 Å². The fraction of sp³-hybridized carbons (Fsp3) is 0.571. The summed E-state index contributed by atoms with van der Waals surface area (Å²) in [4.78, 5) is 0. The largest absolute Gasteiger partial charge is 0.375 e. The van der Waals surface area contributed by atoms with Crippen LogP contribution in [0.2, 0.25) is 0 Å². The Labute approximate surface area is 113 Å². The van der Waals surface area contributed by atoms with E-state index >= 15 is 0 Å². The molecule has 1 N–H and O–H groups in total. The summed E-state index contributed by atoms with van der Waals surface area (Å²) in [6.07, 6.45) is 0. The monoisotopic (exact) mass is 299 g/mol. The molecule has 2 nitrogen and oxygen atoms in total. The van der Waals surface area contributed by atoms with Crippen LogP contribution < -0.4 is 5.32 Å². The van der Waals surface area contributed by atoms with Gasteiger partial charge in [-0.05, 0) is 45.4 Å². The van der Waals surface area contributed by atoms with Crippen LogP contribution in [-0.2, 0) is 4.74 Å². The van der Waals surface area contributed by atoms with Crippen LogP contribution in [0.1, 0.15) is 39.3 Å². The fourth-order valence-corrected chi connectivity index (χ4v) is 2.15. The Kier molecular flexibility index (Phi) is 5.63. The average molecular weight is 300 g/mol. The zero-order chi connectivity index (χ0) is 12.9. The highest BCUT2D eigenvalue weighted by molar-refractivity contribution is 9.10. The molecule has 0 bridgehead atoms. The lowest BCUT2D eigenvalue weighted by Gasteiger charge is -2.27. The third-order valence-corrected chi connectivity index (χ3v) is 3.21. The average Bonchev–Trinajstić information content (AvgIpc) is 2.26. The second-order valence-electron chi connectivity index (χ2n) is 4.85. The normalized spacial score (nSPS) is 13.7. The van der Waals surface area contributed by atoms with Gasteiger partial charge in [-0.25, -0.2) is 0 Å². The van der Waals surface area contributed by atoms with Crippen molar-refractivity contribution in [2.24, 2.45) is 0 Å². The van der Waals surface area contributed by atoms with Crippen LogP contribution in [-0.4, -0.2) is 18.8 Å². The van der Waals surface area contributed by atoms with E-state index in [2.05, 4.69) is 60.2 Å². The molecule has 0 saturated heterocycles. The van der Waals surface area contributed by atoms with E-state index in [4.69, 9.17) is 4.74 Å². The Hall–Kier alpha value is -0.380. The number of nitrogens with one attached hydrogen (secondary N) is 1. The molecule has 0 aromatic heterocycles. The first kappa shape index (κ1) is 14.7. The van der Waals surface area contributed by atoms with Crippen LogP contribution in [0, 0.1) is 0 Å². The van der Waals surface area contributed by atoms with Gasteiger partial charge in [-0.3, -0.25) is 0 Å². The molecule has 96 valence electrons. The maximum absolute atomic E-state index is 5.67. The first-order valence-electron chi connectivity index (χ1n) is 6.07. The Morgan fingerprint density at radius 3 is 2.71 bits per heavy atom. The maximum atomic E-state index is 5.67. The first-order valence-corrected chi connectivity index (χ1v) is 6.87. The van der Waals surface area contributed by atoms with E-state index in [-0.39, 0.29) is 5.60 Å². The van der Waals surface area contributed by atoms with Gasteiger partial charge in [0.2, 0.25) is 0 Å². The second-order valence-corrected chi connectivity index (χ2v) is 5.77. The zero-order valence-corrected chi connectivity index (χ0v) is 12.7. The van der Waals surface area contributed by atoms with Gasteiger partial charge in [-0.1, -0.05) is 28.1 Å². The standard InChI is InChI=1S/C14H22BrNO/c1-5-17-14(3,4)10-16-11(2)12-7-6-8-13(15)9-12/h6-9,11,16H,5,10H2,1-4H3. The third-order valence-electron chi connectivity index (χ3n) is 2.72. The van der Waals surface area contributed by atoms with Crippen molar-refractivity contribution in [3.05, 3.63) is 34.3 Å². The van der Waals surface area contributed by atoms with E-state index in [1.807, 2.05) is 13.0 Å². The topological polar surface area (TPSA) is 21.3 Å². The number of rotatable bonds is 6. The second kappa shape index (κ2) is 6.53. The van der Waals surface area contributed by atoms with Gasteiger partial charge >= 0.3 is 0 Å². The van der Waals surface area contributed by atoms with Gasteiger partial charge in [0.1, 0.15) is 0 Å². The van der Waals surface area contributed by atoms with Gasteiger partial charge < -0.3 is 10.1 Å². The third kappa shape index (κ3) is 5.19. The molecule has 0 radical (unpaired) electrons. The highest BCUT2D eigenvalue weighted by atomic mass is 79.9. The molecule has 1 aromatic carbocycles. The number of benzene rings is 1. The Bertz CT molecular complexity index is 352. The van der Waals surface area contributed by atoms with E-state index < -0.39 is 0 Å². The van der Waals surface area contributed by atoms with Crippen LogP contribution in [0.3, 0.4) is 0 Å². The summed E-state index contributed by atoms with van der Waals surface area (Å²) in [5.74, 6) is 0. The smallest absolute Gasteiger partial charge is 0.0750 e. The highest BCUT2D eigenvalue weighted by Crippen LogP contribution is 2.18. The van der Waals surface area contributed by atoms with Crippen LogP contribution in [0.5, 0.6) is 0 Å². The first-order chi connectivity index (χ1) is 7.94. The summed E-state index contributed by atoms with van der Waals surface area (Å²) < 4.78 is 6.79. The van der Waals surface area contributed by atoms with Crippen molar-refractivity contribution in [2.45, 2.75) is 39.3 Å². The molecule has 0 aliphatic carbocycles. The van der Waals surface area contributed by atoms with Crippen LogP contribution >= 0.6 is 15.9 Å². The number of hydrogen-bond acceptors (Lipinski definition) is 2. The predicted octanol–water partition coefficient (Wildman–Crippen LogP) is 3.91. The highest BCUT2D eigenvalue weighted by Gasteiger charge is 2.18. The lowest BCUT2D eigenvalue weighted by molar-refractivity contribution is -0.0103. The number of hydrogen-bond donors (Lipinski definition) is 1. The van der Waals surface area contributed by atoms with E-state index in [1.165, 1.54) is 5.56 Å². The summed E-state index contributed by atoms with van der Waals surface area (Å²) in [7, 11) is 0. The number of ether oxygens (including phenoxy) is 1. The molecule has 0 spiro atoms. The van der Waals surface area contributed by atoms with Crippen molar-refractivity contribution < 1.29 is 4.74 Å². The van der Waals surface area contributed by atoms with E-state index in [1.54, 1.807) is 0 Å². The molecule has 0 amide bonds. The predicted molar refractivity (Wildman–Crippen MR) is 76.3 cm³/mol. The van der Waals surface area contributed by atoms with Crippen LogP contribution in [0.15, 0.2) is 28.7 Å². The van der Waals surface area contributed by atoms with E-state index in [0.717, 1.165) is 17.6 Å². The molecule has 0 aliphatic rings. The van der Waals surface area contributed by atoms with Crippen molar-refractivity contribution >= 4 is 15.9 Å². The summed E-state index contributed by atoms with van der Waals surface area (Å²) in [6, 6.07) is 8.71. The van der Waals surface area contributed by atoms with Gasteiger partial charge in [0, 0.05) is 23.7 Å². The Morgan fingerprint density at radius 1 is 1.41 bits per heavy atom. The van der Waals surface area contributed by atoms with Gasteiger partial charge in [0.25, 0.3) is 0 Å². The van der Waals surface area contributed by atoms with Crippen molar-refractivity contribution in [1.82, 2.24) is 5.32 Å². The maximum Gasteiger partial charge on any atom is 0.0750 e. The van der Waals surface area contributed by atoms with E-state index in [9.17, 15) is 0 Å². The SMILES string of the molecule is CCOC(C)(C)CNC(C)c1cccc(Br)c1. The van der Waals surface area contributed by atoms with Crippen molar-refractivity contribution in [1.29, 1.82) is 0 Å². The van der Waals surface area contributed by atoms with Gasteiger partial charge in [0.15, 0.2) is 0 Å².